The Kier molecular flexibility index (Phi) is 10.1. The zero-order valence-corrected chi connectivity index (χ0v) is 24.2. The highest BCUT2D eigenvalue weighted by Crippen LogP contribution is 2.33. The highest BCUT2D eigenvalue weighted by Gasteiger charge is 2.34. The second-order valence-electron chi connectivity index (χ2n) is 9.72. The second-order valence-corrected chi connectivity index (χ2v) is 10.5. The standard InChI is InChI=1S/C27H28BrF4N5O4/c1-26(2,3)41-25(39)33-11-5-6-15-12-16(29)7-8-18(15)35-20-14-34-21(27(30,31)32)13-17(20)24(38)36-19-9-10-22(40-4)37-23(19)28/h7-10,12-14,35H,5-6,11H2,1-4H3,(H,33,39)(H,36,38). The number of ether oxygens (including phenoxy) is 2. The summed E-state index contributed by atoms with van der Waals surface area (Å²) in [6.07, 6.45) is -3.83. The van der Waals surface area contributed by atoms with E-state index in [2.05, 4.69) is 41.8 Å². The fraction of sp³-hybridized carbons (Fsp3) is 0.333. The molecule has 0 spiro atoms. The number of aryl methyl sites for hydroxylation is 1. The average molecular weight is 642 g/mol. The number of halogens is 5. The maximum Gasteiger partial charge on any atom is 0.433 e. The summed E-state index contributed by atoms with van der Waals surface area (Å²) < 4.78 is 64.9. The van der Waals surface area contributed by atoms with Gasteiger partial charge in [0, 0.05) is 18.3 Å². The van der Waals surface area contributed by atoms with Gasteiger partial charge >= 0.3 is 12.3 Å². The van der Waals surface area contributed by atoms with Crippen LogP contribution in [0.1, 0.15) is 48.8 Å². The first-order valence-corrected chi connectivity index (χ1v) is 13.1. The molecule has 9 nitrogen and oxygen atoms in total. The van der Waals surface area contributed by atoms with Crippen LogP contribution >= 0.6 is 15.9 Å². The number of methoxy groups -OCH3 is 1. The Morgan fingerprint density at radius 2 is 1.73 bits per heavy atom. The molecule has 41 heavy (non-hydrogen) atoms. The summed E-state index contributed by atoms with van der Waals surface area (Å²) in [5.74, 6) is -1.16. The molecule has 0 aliphatic rings. The van der Waals surface area contributed by atoms with Crippen molar-refractivity contribution in [3.63, 3.8) is 0 Å². The summed E-state index contributed by atoms with van der Waals surface area (Å²) in [4.78, 5) is 32.6. The molecule has 0 aliphatic heterocycles. The minimum absolute atomic E-state index is 0.0483. The number of nitrogens with zero attached hydrogens (tertiary/aromatic N) is 2. The summed E-state index contributed by atoms with van der Waals surface area (Å²) in [5, 5.41) is 8.05. The molecule has 0 saturated heterocycles. The molecule has 3 rings (SSSR count). The predicted molar refractivity (Wildman–Crippen MR) is 148 cm³/mol. The third-order valence-corrected chi connectivity index (χ3v) is 5.95. The van der Waals surface area contributed by atoms with E-state index in [-0.39, 0.29) is 40.4 Å². The van der Waals surface area contributed by atoms with Crippen molar-refractivity contribution in [3.05, 3.63) is 69.8 Å². The number of carbonyl (C=O) groups is 2. The van der Waals surface area contributed by atoms with Crippen LogP contribution in [0.15, 0.2) is 47.2 Å². The number of rotatable bonds is 9. The van der Waals surface area contributed by atoms with Gasteiger partial charge in [0.2, 0.25) is 5.88 Å². The van der Waals surface area contributed by atoms with Crippen LogP contribution in [0.25, 0.3) is 0 Å². The van der Waals surface area contributed by atoms with Gasteiger partial charge in [-0.3, -0.25) is 4.79 Å². The molecule has 0 saturated carbocycles. The summed E-state index contributed by atoms with van der Waals surface area (Å²) in [6, 6.07) is 7.38. The van der Waals surface area contributed by atoms with E-state index in [9.17, 15) is 27.2 Å². The van der Waals surface area contributed by atoms with Crippen molar-refractivity contribution < 1.29 is 36.6 Å². The Morgan fingerprint density at radius 1 is 1.02 bits per heavy atom. The van der Waals surface area contributed by atoms with Crippen LogP contribution in [0.4, 0.5) is 39.4 Å². The molecule has 0 fully saturated rings. The largest absolute Gasteiger partial charge is 0.481 e. The molecule has 0 aliphatic carbocycles. The fourth-order valence-corrected chi connectivity index (χ4v) is 3.94. The molecule has 2 aromatic heterocycles. The summed E-state index contributed by atoms with van der Waals surface area (Å²) in [5.41, 5.74) is -1.36. The molecule has 2 amide bonds. The zero-order chi connectivity index (χ0) is 30.4. The first-order valence-electron chi connectivity index (χ1n) is 12.3. The maximum atomic E-state index is 14.1. The van der Waals surface area contributed by atoms with Gasteiger partial charge in [0.1, 0.15) is 21.7 Å². The summed E-state index contributed by atoms with van der Waals surface area (Å²) >= 11 is 3.19. The molecule has 3 aromatic rings. The van der Waals surface area contributed by atoms with Gasteiger partial charge in [0.15, 0.2) is 0 Å². The fourth-order valence-electron chi connectivity index (χ4n) is 3.53. The van der Waals surface area contributed by atoms with Gasteiger partial charge in [0.25, 0.3) is 5.91 Å². The number of nitrogens with one attached hydrogen (secondary N) is 3. The first-order chi connectivity index (χ1) is 19.2. The number of aromatic nitrogens is 2. The van der Waals surface area contributed by atoms with Gasteiger partial charge < -0.3 is 25.4 Å². The van der Waals surface area contributed by atoms with Crippen LogP contribution < -0.4 is 20.7 Å². The second kappa shape index (κ2) is 13.1. The monoisotopic (exact) mass is 641 g/mol. The molecule has 1 aromatic carbocycles. The van der Waals surface area contributed by atoms with Crippen molar-refractivity contribution in [2.75, 3.05) is 24.3 Å². The SMILES string of the molecule is COc1ccc(NC(=O)c2cc(C(F)(F)F)ncc2Nc2ccc(F)cc2CCCNC(=O)OC(C)(C)C)c(Br)n1. The molecule has 0 unspecified atom stereocenters. The van der Waals surface area contributed by atoms with Gasteiger partial charge in [-0.05, 0) is 85.4 Å². The van der Waals surface area contributed by atoms with Crippen LogP contribution in [0.3, 0.4) is 0 Å². The van der Waals surface area contributed by atoms with Crippen LogP contribution in [0.5, 0.6) is 5.88 Å². The van der Waals surface area contributed by atoms with E-state index in [1.807, 2.05) is 0 Å². The van der Waals surface area contributed by atoms with E-state index in [4.69, 9.17) is 9.47 Å². The van der Waals surface area contributed by atoms with E-state index >= 15 is 0 Å². The molecule has 2 heterocycles. The molecule has 0 bridgehead atoms. The predicted octanol–water partition coefficient (Wildman–Crippen LogP) is 6.86. The minimum Gasteiger partial charge on any atom is -0.481 e. The van der Waals surface area contributed by atoms with E-state index in [0.29, 0.717) is 23.7 Å². The van der Waals surface area contributed by atoms with Crippen LogP contribution in [0.2, 0.25) is 0 Å². The molecular formula is C27H28BrF4N5O4. The minimum atomic E-state index is -4.81. The number of alkyl halides is 3. The number of hydrogen-bond donors (Lipinski definition) is 3. The number of anilines is 3. The Bertz CT molecular complexity index is 1410. The third-order valence-electron chi connectivity index (χ3n) is 5.35. The van der Waals surface area contributed by atoms with Crippen molar-refractivity contribution in [2.24, 2.45) is 0 Å². The Morgan fingerprint density at radius 3 is 2.37 bits per heavy atom. The topological polar surface area (TPSA) is 114 Å². The number of benzene rings is 1. The van der Waals surface area contributed by atoms with Crippen molar-refractivity contribution in [1.82, 2.24) is 15.3 Å². The zero-order valence-electron chi connectivity index (χ0n) is 22.6. The van der Waals surface area contributed by atoms with Crippen molar-refractivity contribution in [1.29, 1.82) is 0 Å². The van der Waals surface area contributed by atoms with Crippen LogP contribution in [-0.2, 0) is 17.3 Å². The quantitative estimate of drug-likeness (QED) is 0.133. The van der Waals surface area contributed by atoms with E-state index in [1.54, 1.807) is 20.8 Å². The van der Waals surface area contributed by atoms with Crippen LogP contribution in [-0.4, -0.2) is 41.2 Å². The van der Waals surface area contributed by atoms with Crippen molar-refractivity contribution in [3.8, 4) is 5.88 Å². The lowest BCUT2D eigenvalue weighted by Gasteiger charge is -2.20. The van der Waals surface area contributed by atoms with Crippen molar-refractivity contribution in [2.45, 2.75) is 45.4 Å². The number of amides is 2. The Labute approximate surface area is 242 Å². The first kappa shape index (κ1) is 31.6. The Hall–Kier alpha value is -3.94. The number of hydrogen-bond acceptors (Lipinski definition) is 7. The van der Waals surface area contributed by atoms with Gasteiger partial charge in [-0.15, -0.1) is 0 Å². The lowest BCUT2D eigenvalue weighted by atomic mass is 10.1. The van der Waals surface area contributed by atoms with Gasteiger partial charge in [0.05, 0.1) is 30.2 Å². The molecule has 0 atom stereocenters. The van der Waals surface area contributed by atoms with Gasteiger partial charge in [-0.2, -0.15) is 13.2 Å². The molecular weight excluding hydrogens is 614 g/mol. The molecule has 3 N–H and O–H groups in total. The van der Waals surface area contributed by atoms with Crippen LogP contribution in [0, 0.1) is 5.82 Å². The number of alkyl carbamates (subject to hydrolysis) is 1. The third kappa shape index (κ3) is 9.30. The number of pyridine rings is 2. The van der Waals surface area contributed by atoms with E-state index in [1.165, 1.54) is 37.4 Å². The summed E-state index contributed by atoms with van der Waals surface area (Å²) in [7, 11) is 1.40. The van der Waals surface area contributed by atoms with E-state index < -0.39 is 35.3 Å². The van der Waals surface area contributed by atoms with Gasteiger partial charge in [-0.1, -0.05) is 0 Å². The normalized spacial score (nSPS) is 11.5. The van der Waals surface area contributed by atoms with E-state index in [0.717, 1.165) is 6.20 Å². The smallest absolute Gasteiger partial charge is 0.433 e. The lowest BCUT2D eigenvalue weighted by Crippen LogP contribution is -2.33. The Balaban J connectivity index is 1.85. The average Bonchev–Trinajstić information content (AvgIpc) is 2.87. The number of carbonyl (C=O) groups excluding carboxylic acids is 2. The highest BCUT2D eigenvalue weighted by molar-refractivity contribution is 9.10. The summed E-state index contributed by atoms with van der Waals surface area (Å²) in [6.45, 7) is 5.42. The maximum absolute atomic E-state index is 14.1. The highest BCUT2D eigenvalue weighted by atomic mass is 79.9. The molecule has 14 heteroatoms. The molecule has 220 valence electrons. The van der Waals surface area contributed by atoms with Crippen molar-refractivity contribution >= 4 is 45.0 Å². The van der Waals surface area contributed by atoms with Gasteiger partial charge in [-0.25, -0.2) is 19.2 Å². The molecule has 0 radical (unpaired) electrons. The lowest BCUT2D eigenvalue weighted by molar-refractivity contribution is -0.141.